The lowest BCUT2D eigenvalue weighted by atomic mass is 9.88. The van der Waals surface area contributed by atoms with Crippen LogP contribution in [0.5, 0.6) is 0 Å². The largest absolute Gasteiger partial charge is 0.381 e. The molecule has 0 saturated heterocycles. The fourth-order valence-corrected chi connectivity index (χ4v) is 4.68. The van der Waals surface area contributed by atoms with Crippen molar-refractivity contribution in [1.82, 2.24) is 24.6 Å². The number of imidazole rings is 1. The molecule has 3 heterocycles. The zero-order valence-electron chi connectivity index (χ0n) is 18.8. The van der Waals surface area contributed by atoms with Crippen molar-refractivity contribution in [2.45, 2.75) is 57.5 Å². The summed E-state index contributed by atoms with van der Waals surface area (Å²) in [6.07, 6.45) is 14.7. The maximum absolute atomic E-state index is 15.7. The number of hydrogen-bond acceptors (Lipinski definition) is 5. The lowest BCUT2D eigenvalue weighted by molar-refractivity contribution is -0.105. The maximum atomic E-state index is 15.7. The smallest absolute Gasteiger partial charge is 0.212 e. The lowest BCUT2D eigenvalue weighted by Gasteiger charge is -2.22. The molecule has 0 radical (unpaired) electrons. The van der Waals surface area contributed by atoms with Crippen molar-refractivity contribution in [2.75, 3.05) is 12.4 Å². The summed E-state index contributed by atoms with van der Waals surface area (Å²) in [6.45, 7) is 1.77. The third kappa shape index (κ3) is 3.97. The highest BCUT2D eigenvalue weighted by molar-refractivity contribution is 5.97. The maximum Gasteiger partial charge on any atom is 0.212 e. The van der Waals surface area contributed by atoms with Gasteiger partial charge in [-0.1, -0.05) is 25.7 Å². The second-order valence-electron chi connectivity index (χ2n) is 8.68. The average Bonchev–Trinajstić information content (AvgIpc) is 3.33. The number of hydrogen-bond donors (Lipinski definition) is 2. The molecule has 2 atom stereocenters. The summed E-state index contributed by atoms with van der Waals surface area (Å²) in [6, 6.07) is 0. The Morgan fingerprint density at radius 3 is 2.76 bits per heavy atom. The van der Waals surface area contributed by atoms with Crippen LogP contribution in [0.4, 0.5) is 10.2 Å². The van der Waals surface area contributed by atoms with Gasteiger partial charge in [0.05, 0.1) is 35.9 Å². The van der Waals surface area contributed by atoms with Crippen LogP contribution < -0.4 is 5.32 Å². The van der Waals surface area contributed by atoms with Crippen LogP contribution in [0.3, 0.4) is 0 Å². The van der Waals surface area contributed by atoms with Crippen LogP contribution in [0.15, 0.2) is 24.8 Å². The van der Waals surface area contributed by atoms with Crippen LogP contribution in [-0.4, -0.2) is 44.2 Å². The number of methoxy groups -OCH3 is 1. The van der Waals surface area contributed by atoms with Crippen LogP contribution in [0.1, 0.15) is 55.6 Å². The lowest BCUT2D eigenvalue weighted by Crippen LogP contribution is -2.17. The van der Waals surface area contributed by atoms with Crippen molar-refractivity contribution in [1.29, 1.82) is 0 Å². The molecule has 4 aromatic rings. The summed E-state index contributed by atoms with van der Waals surface area (Å²) >= 11 is 0. The molecule has 0 aliphatic heterocycles. The van der Waals surface area contributed by atoms with Gasteiger partial charge in [-0.25, -0.2) is 9.37 Å². The van der Waals surface area contributed by atoms with Gasteiger partial charge in [0.1, 0.15) is 5.82 Å². The quantitative estimate of drug-likeness (QED) is 0.428. The zero-order valence-corrected chi connectivity index (χ0v) is 18.8. The highest BCUT2D eigenvalue weighted by atomic mass is 19.1. The molecule has 2 aliphatic carbocycles. The van der Waals surface area contributed by atoms with Crippen molar-refractivity contribution in [3.05, 3.63) is 41.7 Å². The minimum atomic E-state index is -0.244. The molecule has 1 aromatic carbocycles. The number of nitrogens with one attached hydrogen (secondary N) is 2. The first-order valence-corrected chi connectivity index (χ1v) is 11.4. The number of H-pyrrole nitrogens is 1. The molecule has 2 saturated carbocycles. The molecule has 1 amide bonds. The predicted octanol–water partition coefficient (Wildman–Crippen LogP) is 4.74. The Kier molecular flexibility index (Phi) is 5.80. The summed E-state index contributed by atoms with van der Waals surface area (Å²) in [5.41, 5.74) is 3.73. The van der Waals surface area contributed by atoms with Crippen molar-refractivity contribution in [3.8, 4) is 11.3 Å². The van der Waals surface area contributed by atoms with Crippen LogP contribution in [-0.2, 0) is 9.53 Å². The van der Waals surface area contributed by atoms with E-state index in [1.165, 1.54) is 19.3 Å². The molecular weight excluding hydrogens is 423 g/mol. The van der Waals surface area contributed by atoms with Gasteiger partial charge in [0, 0.05) is 35.7 Å². The summed E-state index contributed by atoms with van der Waals surface area (Å²) in [7, 11) is 1.68. The van der Waals surface area contributed by atoms with Crippen molar-refractivity contribution in [2.24, 2.45) is 0 Å². The number of carbonyl (C=O) groups is 1. The number of fused-ring (bicyclic) bond motifs is 2. The molecule has 2 fully saturated rings. The van der Waals surface area contributed by atoms with Crippen molar-refractivity contribution in [3.63, 3.8) is 0 Å². The van der Waals surface area contributed by atoms with Gasteiger partial charge in [-0.05, 0) is 25.3 Å². The highest BCUT2D eigenvalue weighted by Crippen LogP contribution is 2.44. The van der Waals surface area contributed by atoms with E-state index in [1.807, 2.05) is 0 Å². The van der Waals surface area contributed by atoms with Gasteiger partial charge in [-0.15, -0.1) is 0 Å². The Balaban J connectivity index is 0.000000705. The van der Waals surface area contributed by atoms with E-state index in [4.69, 9.17) is 4.74 Å². The van der Waals surface area contributed by atoms with Crippen LogP contribution in [0, 0.1) is 12.7 Å². The predicted molar refractivity (Wildman–Crippen MR) is 124 cm³/mol. The van der Waals surface area contributed by atoms with E-state index in [-0.39, 0.29) is 17.8 Å². The number of rotatable bonds is 5. The Bertz CT molecular complexity index is 1310. The molecule has 6 rings (SSSR count). The molecule has 2 unspecified atom stereocenters. The summed E-state index contributed by atoms with van der Waals surface area (Å²) < 4.78 is 23.1. The van der Waals surface area contributed by atoms with Gasteiger partial charge in [-0.2, -0.15) is 5.10 Å². The molecule has 2 aliphatic rings. The first-order valence-electron chi connectivity index (χ1n) is 11.4. The fourth-order valence-electron chi connectivity index (χ4n) is 4.68. The van der Waals surface area contributed by atoms with Crippen LogP contribution in [0.2, 0.25) is 0 Å². The molecular formula is C24H27FN6O2. The summed E-state index contributed by atoms with van der Waals surface area (Å²) in [5, 5.41) is 10.6. The van der Waals surface area contributed by atoms with Crippen LogP contribution >= 0.6 is 0 Å². The summed E-state index contributed by atoms with van der Waals surface area (Å²) in [5.74, 6) is 0.167. The Morgan fingerprint density at radius 1 is 1.21 bits per heavy atom. The topological polar surface area (TPSA) is 97.2 Å². The second kappa shape index (κ2) is 8.90. The first-order chi connectivity index (χ1) is 16.1. The van der Waals surface area contributed by atoms with E-state index >= 15 is 4.39 Å². The number of anilines is 1. The van der Waals surface area contributed by atoms with E-state index < -0.39 is 0 Å². The second-order valence-corrected chi connectivity index (χ2v) is 8.68. The standard InChI is InChI=1S/C21H21FN6O2.C3H6/c1-11-18(14-8-28-9-16(24-10-29)26-17(28)7-23-14)13-6-25-27-21(13)19(20(11)22)12-4-3-5-15(12)30-2;1-2-3-1/h6-10,12,15H,3-5H2,1-2H3,(H,24,29)(H,25,27);1-3H2. The number of aromatic amines is 1. The summed E-state index contributed by atoms with van der Waals surface area (Å²) in [4.78, 5) is 19.5. The van der Waals surface area contributed by atoms with Gasteiger partial charge in [0.2, 0.25) is 6.41 Å². The van der Waals surface area contributed by atoms with E-state index in [1.54, 1.807) is 43.2 Å². The normalized spacial score (nSPS) is 19.5. The van der Waals surface area contributed by atoms with Gasteiger partial charge in [-0.3, -0.25) is 14.9 Å². The Hall–Kier alpha value is -3.33. The molecule has 9 heteroatoms. The number of carbonyl (C=O) groups excluding carboxylic acids is 1. The van der Waals surface area contributed by atoms with Gasteiger partial charge < -0.3 is 14.5 Å². The van der Waals surface area contributed by atoms with Crippen LogP contribution in [0.25, 0.3) is 27.8 Å². The SMILES string of the molecule is C1CC1.COC1CCCC1c1c(F)c(C)c(-c2cn3cc(NC=O)nc3cn2)c2cn[nH]c12. The molecule has 0 bridgehead atoms. The number of aromatic nitrogens is 5. The van der Waals surface area contributed by atoms with Gasteiger partial charge in [0.15, 0.2) is 11.5 Å². The van der Waals surface area contributed by atoms with Crippen molar-refractivity contribution >= 4 is 28.8 Å². The third-order valence-electron chi connectivity index (χ3n) is 6.40. The molecule has 2 N–H and O–H groups in total. The molecule has 33 heavy (non-hydrogen) atoms. The molecule has 8 nitrogen and oxygen atoms in total. The molecule has 0 spiro atoms. The number of ether oxygens (including phenoxy) is 1. The van der Waals surface area contributed by atoms with E-state index in [0.29, 0.717) is 45.8 Å². The zero-order chi connectivity index (χ0) is 22.9. The molecule has 3 aromatic heterocycles. The van der Waals surface area contributed by atoms with E-state index in [9.17, 15) is 4.79 Å². The number of amides is 1. The minimum absolute atomic E-state index is 0.000384. The Labute approximate surface area is 190 Å². The van der Waals surface area contributed by atoms with Gasteiger partial charge >= 0.3 is 0 Å². The van der Waals surface area contributed by atoms with E-state index in [0.717, 1.165) is 24.6 Å². The number of benzene rings is 1. The van der Waals surface area contributed by atoms with Gasteiger partial charge in [0.25, 0.3) is 0 Å². The highest BCUT2D eigenvalue weighted by Gasteiger charge is 2.34. The average molecular weight is 451 g/mol. The fraction of sp³-hybridized carbons (Fsp3) is 0.417. The van der Waals surface area contributed by atoms with E-state index in [2.05, 4.69) is 25.5 Å². The monoisotopic (exact) mass is 450 g/mol. The van der Waals surface area contributed by atoms with Crippen molar-refractivity contribution < 1.29 is 13.9 Å². The first kappa shape index (κ1) is 21.5. The number of nitrogens with zero attached hydrogens (tertiary/aromatic N) is 4. The number of halogens is 1. The third-order valence-corrected chi connectivity index (χ3v) is 6.40. The Morgan fingerprint density at radius 2 is 2.03 bits per heavy atom. The molecule has 172 valence electrons. The minimum Gasteiger partial charge on any atom is -0.381 e.